The minimum atomic E-state index is -0.560. The summed E-state index contributed by atoms with van der Waals surface area (Å²) in [4.78, 5) is 29.6. The first-order valence-corrected chi connectivity index (χ1v) is 12.3. The molecule has 0 atom stereocenters. The van der Waals surface area contributed by atoms with E-state index in [9.17, 15) is 18.4 Å². The van der Waals surface area contributed by atoms with Crippen LogP contribution >= 0.6 is 11.6 Å². The topological polar surface area (TPSA) is 45.6 Å². The zero-order valence-corrected chi connectivity index (χ0v) is 20.9. The number of benzene rings is 3. The second kappa shape index (κ2) is 10.2. The van der Waals surface area contributed by atoms with Gasteiger partial charge in [0, 0.05) is 42.6 Å². The number of amides is 2. The molecule has 1 fully saturated rings. The average molecular weight is 520 g/mol. The molecule has 5 nitrogen and oxygen atoms in total. The van der Waals surface area contributed by atoms with Crippen molar-refractivity contribution >= 4 is 23.4 Å². The minimum absolute atomic E-state index is 0.0258. The molecule has 5 rings (SSSR count). The Labute approximate surface area is 218 Å². The first-order chi connectivity index (χ1) is 17.8. The molecule has 0 saturated carbocycles. The fraction of sp³-hybridized carbons (Fsp3) is 0.172. The predicted octanol–water partition coefficient (Wildman–Crippen LogP) is 5.98. The molecule has 0 radical (unpaired) electrons. The van der Waals surface area contributed by atoms with Gasteiger partial charge >= 0.3 is 0 Å². The van der Waals surface area contributed by atoms with Gasteiger partial charge in [-0.05, 0) is 61.0 Å². The van der Waals surface area contributed by atoms with Crippen LogP contribution in [0, 0.1) is 18.6 Å². The summed E-state index contributed by atoms with van der Waals surface area (Å²) < 4.78 is 30.1. The van der Waals surface area contributed by atoms with Crippen LogP contribution in [-0.2, 0) is 0 Å². The van der Waals surface area contributed by atoms with Gasteiger partial charge < -0.3 is 14.4 Å². The SMILES string of the molecule is Cc1c(C(=O)N2CCN(C(=O)c3ccccc3F)CC2)cc(-c2ccc(Cl)cc2)n1-c1cccc(F)c1. The van der Waals surface area contributed by atoms with E-state index in [4.69, 9.17) is 11.6 Å². The van der Waals surface area contributed by atoms with Gasteiger partial charge in [-0.2, -0.15) is 0 Å². The standard InChI is InChI=1S/C29H24ClF2N3O2/c1-19-25(29(37)34-15-13-33(14-16-34)28(36)24-7-2-3-8-26(24)32)18-27(20-9-11-21(30)12-10-20)35(19)23-6-4-5-22(31)17-23/h2-12,17-18H,13-16H2,1H3. The van der Waals surface area contributed by atoms with Gasteiger partial charge in [-0.3, -0.25) is 9.59 Å². The number of carbonyl (C=O) groups excluding carboxylic acids is 2. The van der Waals surface area contributed by atoms with Crippen LogP contribution in [0.1, 0.15) is 26.4 Å². The number of piperazine rings is 1. The molecule has 1 saturated heterocycles. The molecule has 0 bridgehead atoms. The first kappa shape index (κ1) is 24.7. The molecule has 3 aromatic carbocycles. The van der Waals surface area contributed by atoms with Crippen LogP contribution in [0.2, 0.25) is 5.02 Å². The van der Waals surface area contributed by atoms with E-state index in [1.807, 2.05) is 29.7 Å². The molecule has 1 aliphatic rings. The number of aromatic nitrogens is 1. The number of halogens is 3. The van der Waals surface area contributed by atoms with E-state index < -0.39 is 5.82 Å². The Morgan fingerprint density at radius 3 is 2.00 bits per heavy atom. The maximum Gasteiger partial charge on any atom is 0.256 e. The Morgan fingerprint density at radius 1 is 0.757 bits per heavy atom. The second-order valence-electron chi connectivity index (χ2n) is 8.92. The fourth-order valence-corrected chi connectivity index (χ4v) is 4.82. The van der Waals surface area contributed by atoms with Crippen molar-refractivity contribution in [2.45, 2.75) is 6.92 Å². The summed E-state index contributed by atoms with van der Waals surface area (Å²) in [6.45, 7) is 3.06. The summed E-state index contributed by atoms with van der Waals surface area (Å²) in [7, 11) is 0. The van der Waals surface area contributed by atoms with Crippen LogP contribution in [0.5, 0.6) is 0 Å². The molecular formula is C29H24ClF2N3O2. The van der Waals surface area contributed by atoms with Crippen molar-refractivity contribution in [2.24, 2.45) is 0 Å². The number of hydrogen-bond acceptors (Lipinski definition) is 2. The van der Waals surface area contributed by atoms with Gasteiger partial charge in [0.15, 0.2) is 0 Å². The molecule has 37 heavy (non-hydrogen) atoms. The minimum Gasteiger partial charge on any atom is -0.335 e. The number of hydrogen-bond donors (Lipinski definition) is 0. The maximum atomic E-state index is 14.1. The van der Waals surface area contributed by atoms with Gasteiger partial charge in [0.25, 0.3) is 11.8 Å². The number of rotatable bonds is 4. The molecule has 0 unspecified atom stereocenters. The molecular weight excluding hydrogens is 496 g/mol. The maximum absolute atomic E-state index is 14.1. The molecule has 2 heterocycles. The molecule has 0 spiro atoms. The van der Waals surface area contributed by atoms with Crippen LogP contribution in [-0.4, -0.2) is 52.4 Å². The van der Waals surface area contributed by atoms with Crippen molar-refractivity contribution in [1.82, 2.24) is 14.4 Å². The number of carbonyl (C=O) groups is 2. The quantitative estimate of drug-likeness (QED) is 0.333. The van der Waals surface area contributed by atoms with Crippen molar-refractivity contribution in [3.63, 3.8) is 0 Å². The Kier molecular flexibility index (Phi) is 6.80. The zero-order valence-electron chi connectivity index (χ0n) is 20.1. The van der Waals surface area contributed by atoms with E-state index >= 15 is 0 Å². The van der Waals surface area contributed by atoms with Gasteiger partial charge in [0.2, 0.25) is 0 Å². The lowest BCUT2D eigenvalue weighted by molar-refractivity contribution is 0.0532. The summed E-state index contributed by atoms with van der Waals surface area (Å²) in [5, 5.41) is 0.587. The molecule has 8 heteroatoms. The molecule has 2 amide bonds. The van der Waals surface area contributed by atoms with E-state index in [2.05, 4.69) is 0 Å². The van der Waals surface area contributed by atoms with E-state index in [0.29, 0.717) is 48.1 Å². The van der Waals surface area contributed by atoms with Crippen molar-refractivity contribution in [2.75, 3.05) is 26.2 Å². The van der Waals surface area contributed by atoms with E-state index in [1.54, 1.807) is 46.2 Å². The summed E-state index contributed by atoms with van der Waals surface area (Å²) >= 11 is 6.08. The third-order valence-corrected chi connectivity index (χ3v) is 6.89. The van der Waals surface area contributed by atoms with Gasteiger partial charge in [0.05, 0.1) is 16.8 Å². The molecule has 188 valence electrons. The summed E-state index contributed by atoms with van der Waals surface area (Å²) in [6, 6.07) is 21.2. The lowest BCUT2D eigenvalue weighted by Gasteiger charge is -2.35. The Hall–Kier alpha value is -3.97. The second-order valence-corrected chi connectivity index (χ2v) is 9.35. The molecule has 4 aromatic rings. The van der Waals surface area contributed by atoms with E-state index in [-0.39, 0.29) is 23.2 Å². The highest BCUT2D eigenvalue weighted by Crippen LogP contribution is 2.31. The van der Waals surface area contributed by atoms with Gasteiger partial charge in [-0.15, -0.1) is 0 Å². The van der Waals surface area contributed by atoms with Gasteiger partial charge in [-0.1, -0.05) is 41.9 Å². The first-order valence-electron chi connectivity index (χ1n) is 11.9. The zero-order chi connectivity index (χ0) is 26.1. The monoisotopic (exact) mass is 519 g/mol. The third-order valence-electron chi connectivity index (χ3n) is 6.64. The average Bonchev–Trinajstić information content (AvgIpc) is 3.25. The Balaban J connectivity index is 1.43. The fourth-order valence-electron chi connectivity index (χ4n) is 4.69. The van der Waals surface area contributed by atoms with Crippen LogP contribution in [0.4, 0.5) is 8.78 Å². The normalized spacial score (nSPS) is 13.6. The van der Waals surface area contributed by atoms with Crippen LogP contribution in [0.3, 0.4) is 0 Å². The van der Waals surface area contributed by atoms with Gasteiger partial charge in [0.1, 0.15) is 11.6 Å². The van der Waals surface area contributed by atoms with E-state index in [0.717, 1.165) is 11.3 Å². The largest absolute Gasteiger partial charge is 0.335 e. The van der Waals surface area contributed by atoms with Crippen molar-refractivity contribution < 1.29 is 18.4 Å². The van der Waals surface area contributed by atoms with Crippen LogP contribution in [0.15, 0.2) is 78.9 Å². The predicted molar refractivity (Wildman–Crippen MR) is 139 cm³/mol. The Bertz CT molecular complexity index is 1480. The van der Waals surface area contributed by atoms with Crippen LogP contribution in [0.25, 0.3) is 16.9 Å². The van der Waals surface area contributed by atoms with E-state index in [1.165, 1.54) is 24.3 Å². The third kappa shape index (κ3) is 4.87. The number of nitrogens with zero attached hydrogens (tertiary/aromatic N) is 3. The van der Waals surface area contributed by atoms with Crippen LogP contribution < -0.4 is 0 Å². The van der Waals surface area contributed by atoms with Crippen molar-refractivity contribution in [3.8, 4) is 16.9 Å². The summed E-state index contributed by atoms with van der Waals surface area (Å²) in [5.41, 5.74) is 3.35. The van der Waals surface area contributed by atoms with Gasteiger partial charge in [-0.25, -0.2) is 8.78 Å². The highest BCUT2D eigenvalue weighted by atomic mass is 35.5. The van der Waals surface area contributed by atoms with Crippen molar-refractivity contribution in [3.05, 3.63) is 112 Å². The highest BCUT2D eigenvalue weighted by Gasteiger charge is 2.29. The molecule has 0 N–H and O–H groups in total. The lowest BCUT2D eigenvalue weighted by atomic mass is 10.1. The lowest BCUT2D eigenvalue weighted by Crippen LogP contribution is -2.50. The molecule has 0 aliphatic carbocycles. The molecule has 1 aromatic heterocycles. The molecule has 1 aliphatic heterocycles. The Morgan fingerprint density at radius 2 is 1.38 bits per heavy atom. The highest BCUT2D eigenvalue weighted by molar-refractivity contribution is 6.30. The summed E-state index contributed by atoms with van der Waals surface area (Å²) in [5.74, 6) is -1.50. The van der Waals surface area contributed by atoms with Crippen molar-refractivity contribution in [1.29, 1.82) is 0 Å². The summed E-state index contributed by atoms with van der Waals surface area (Å²) in [6.07, 6.45) is 0. The smallest absolute Gasteiger partial charge is 0.256 e.